The van der Waals surface area contributed by atoms with Crippen LogP contribution in [0.5, 0.6) is 11.5 Å². The maximum atomic E-state index is 12.4. The zero-order valence-electron chi connectivity index (χ0n) is 15.4. The van der Waals surface area contributed by atoms with Gasteiger partial charge in [0.2, 0.25) is 6.79 Å². The standard InChI is InChI=1S/C20H23N3O5/c24-11-15-2-1-7-23(15)10-14-4-5-16(20(26)22-14)19(25)21-9-13-3-6-17-18(8-13)28-12-27-17/h3-6,8,15,24H,1-2,7,9-12H2,(H,21,25)(H,22,26)/t15-/m1/s1. The summed E-state index contributed by atoms with van der Waals surface area (Å²) in [5.41, 5.74) is 1.25. The molecule has 1 amide bonds. The average molecular weight is 385 g/mol. The van der Waals surface area contributed by atoms with E-state index in [1.54, 1.807) is 18.2 Å². The Bertz CT molecular complexity index is 926. The molecule has 148 valence electrons. The van der Waals surface area contributed by atoms with Gasteiger partial charge >= 0.3 is 0 Å². The van der Waals surface area contributed by atoms with Gasteiger partial charge in [0.15, 0.2) is 11.5 Å². The molecule has 3 N–H and O–H groups in total. The number of H-pyrrole nitrogens is 1. The van der Waals surface area contributed by atoms with Gasteiger partial charge in [-0.15, -0.1) is 0 Å². The minimum atomic E-state index is -0.431. The average Bonchev–Trinajstić information content (AvgIpc) is 3.34. The van der Waals surface area contributed by atoms with E-state index in [1.807, 2.05) is 12.1 Å². The number of aromatic amines is 1. The number of rotatable bonds is 6. The summed E-state index contributed by atoms with van der Waals surface area (Å²) in [4.78, 5) is 29.7. The lowest BCUT2D eigenvalue weighted by molar-refractivity contribution is 0.0949. The first kappa shape index (κ1) is 18.5. The molecule has 0 saturated carbocycles. The molecule has 1 aromatic carbocycles. The van der Waals surface area contributed by atoms with Gasteiger partial charge < -0.3 is 24.9 Å². The summed E-state index contributed by atoms with van der Waals surface area (Å²) in [6.07, 6.45) is 2.00. The first-order valence-corrected chi connectivity index (χ1v) is 9.38. The smallest absolute Gasteiger partial charge is 0.261 e. The highest BCUT2D eigenvalue weighted by Crippen LogP contribution is 2.32. The highest BCUT2D eigenvalue weighted by molar-refractivity contribution is 5.93. The molecule has 0 aliphatic carbocycles. The number of carbonyl (C=O) groups excluding carboxylic acids is 1. The van der Waals surface area contributed by atoms with Gasteiger partial charge in [-0.1, -0.05) is 6.07 Å². The molecule has 0 spiro atoms. The molecule has 8 heteroatoms. The molecule has 4 rings (SSSR count). The largest absolute Gasteiger partial charge is 0.454 e. The third kappa shape index (κ3) is 3.88. The Balaban J connectivity index is 1.38. The summed E-state index contributed by atoms with van der Waals surface area (Å²) in [7, 11) is 0. The Kier molecular flexibility index (Phi) is 5.31. The number of benzene rings is 1. The third-order valence-electron chi connectivity index (χ3n) is 5.19. The number of aromatic nitrogens is 1. The molecule has 0 radical (unpaired) electrons. The maximum absolute atomic E-state index is 12.4. The van der Waals surface area contributed by atoms with Gasteiger partial charge in [0.05, 0.1) is 6.61 Å². The number of ether oxygens (including phenoxy) is 2. The van der Waals surface area contributed by atoms with Crippen molar-refractivity contribution < 1.29 is 19.4 Å². The quantitative estimate of drug-likeness (QED) is 0.685. The van der Waals surface area contributed by atoms with E-state index in [0.717, 1.165) is 30.6 Å². The molecule has 0 unspecified atom stereocenters. The molecular weight excluding hydrogens is 362 g/mol. The fourth-order valence-corrected chi connectivity index (χ4v) is 3.64. The van der Waals surface area contributed by atoms with Crippen LogP contribution < -0.4 is 20.3 Å². The van der Waals surface area contributed by atoms with Crippen molar-refractivity contribution in [2.45, 2.75) is 32.0 Å². The van der Waals surface area contributed by atoms with Gasteiger partial charge in [0, 0.05) is 24.8 Å². The van der Waals surface area contributed by atoms with Crippen LogP contribution >= 0.6 is 0 Å². The molecule has 1 saturated heterocycles. The van der Waals surface area contributed by atoms with Crippen molar-refractivity contribution in [2.75, 3.05) is 19.9 Å². The molecule has 2 aromatic rings. The van der Waals surface area contributed by atoms with Gasteiger partial charge in [-0.25, -0.2) is 0 Å². The Morgan fingerprint density at radius 1 is 1.25 bits per heavy atom. The number of aliphatic hydroxyl groups excluding tert-OH is 1. The van der Waals surface area contributed by atoms with Crippen molar-refractivity contribution in [3.8, 4) is 11.5 Å². The van der Waals surface area contributed by atoms with E-state index in [1.165, 1.54) is 0 Å². The number of likely N-dealkylation sites (tertiary alicyclic amines) is 1. The van der Waals surface area contributed by atoms with Crippen LogP contribution in [0.4, 0.5) is 0 Å². The second kappa shape index (κ2) is 8.04. The number of nitrogens with zero attached hydrogens (tertiary/aromatic N) is 1. The van der Waals surface area contributed by atoms with Crippen LogP contribution in [0.3, 0.4) is 0 Å². The van der Waals surface area contributed by atoms with Crippen molar-refractivity contribution in [1.82, 2.24) is 15.2 Å². The van der Waals surface area contributed by atoms with E-state index in [-0.39, 0.29) is 31.5 Å². The number of carbonyl (C=O) groups is 1. The Morgan fingerprint density at radius 2 is 2.11 bits per heavy atom. The zero-order valence-corrected chi connectivity index (χ0v) is 15.4. The summed E-state index contributed by atoms with van der Waals surface area (Å²) in [5.74, 6) is 0.903. The van der Waals surface area contributed by atoms with Crippen LogP contribution in [0.1, 0.15) is 34.5 Å². The maximum Gasteiger partial charge on any atom is 0.261 e. The van der Waals surface area contributed by atoms with Crippen molar-refractivity contribution >= 4 is 5.91 Å². The molecule has 2 aliphatic rings. The number of fused-ring (bicyclic) bond motifs is 1. The van der Waals surface area contributed by atoms with Crippen molar-refractivity contribution in [1.29, 1.82) is 0 Å². The van der Waals surface area contributed by atoms with Crippen LogP contribution in [-0.4, -0.2) is 46.9 Å². The van der Waals surface area contributed by atoms with Crippen LogP contribution in [0.15, 0.2) is 35.1 Å². The first-order chi connectivity index (χ1) is 13.6. The van der Waals surface area contributed by atoms with Crippen LogP contribution in [0.25, 0.3) is 0 Å². The van der Waals surface area contributed by atoms with Crippen LogP contribution in [-0.2, 0) is 13.1 Å². The Labute approximate surface area is 162 Å². The summed E-state index contributed by atoms with van der Waals surface area (Å²) >= 11 is 0. The first-order valence-electron chi connectivity index (χ1n) is 9.38. The fourth-order valence-electron chi connectivity index (χ4n) is 3.64. The lowest BCUT2D eigenvalue weighted by Crippen LogP contribution is -2.33. The Morgan fingerprint density at radius 3 is 2.93 bits per heavy atom. The molecule has 1 fully saturated rings. The van der Waals surface area contributed by atoms with Crippen LogP contribution in [0, 0.1) is 0 Å². The number of pyridine rings is 1. The summed E-state index contributed by atoms with van der Waals surface area (Å²) in [6, 6.07) is 8.88. The van der Waals surface area contributed by atoms with E-state index < -0.39 is 11.5 Å². The summed E-state index contributed by atoms with van der Waals surface area (Å²) in [6.45, 7) is 2.04. The molecular formula is C20H23N3O5. The van der Waals surface area contributed by atoms with E-state index in [0.29, 0.717) is 18.0 Å². The molecule has 28 heavy (non-hydrogen) atoms. The van der Waals surface area contributed by atoms with E-state index >= 15 is 0 Å². The van der Waals surface area contributed by atoms with Crippen LogP contribution in [0.2, 0.25) is 0 Å². The lowest BCUT2D eigenvalue weighted by Gasteiger charge is -2.22. The SMILES string of the molecule is O=C(NCc1ccc2c(c1)OCO2)c1ccc(CN2CCC[C@@H]2CO)[nH]c1=O. The van der Waals surface area contributed by atoms with Crippen molar-refractivity contribution in [2.24, 2.45) is 0 Å². The minimum absolute atomic E-state index is 0.0737. The summed E-state index contributed by atoms with van der Waals surface area (Å²) < 4.78 is 10.6. The number of hydrogen-bond donors (Lipinski definition) is 3. The van der Waals surface area contributed by atoms with Crippen molar-refractivity contribution in [3.05, 3.63) is 57.5 Å². The van der Waals surface area contributed by atoms with Gasteiger partial charge in [0.1, 0.15) is 5.56 Å². The Hall–Kier alpha value is -2.84. The van der Waals surface area contributed by atoms with E-state index in [4.69, 9.17) is 9.47 Å². The van der Waals surface area contributed by atoms with E-state index in [2.05, 4.69) is 15.2 Å². The number of nitrogens with one attached hydrogen (secondary N) is 2. The molecule has 1 atom stereocenters. The second-order valence-corrected chi connectivity index (χ2v) is 7.05. The normalized spacial score (nSPS) is 18.4. The van der Waals surface area contributed by atoms with Gasteiger partial charge in [-0.05, 0) is 49.2 Å². The zero-order chi connectivity index (χ0) is 19.5. The highest BCUT2D eigenvalue weighted by Gasteiger charge is 2.24. The monoisotopic (exact) mass is 385 g/mol. The lowest BCUT2D eigenvalue weighted by atomic mass is 10.2. The summed E-state index contributed by atoms with van der Waals surface area (Å²) in [5, 5.41) is 12.2. The molecule has 8 nitrogen and oxygen atoms in total. The van der Waals surface area contributed by atoms with Gasteiger partial charge in [-0.3, -0.25) is 14.5 Å². The number of aliphatic hydroxyl groups is 1. The fraction of sp³-hybridized carbons (Fsp3) is 0.400. The molecule has 1 aromatic heterocycles. The number of amides is 1. The molecule has 3 heterocycles. The highest BCUT2D eigenvalue weighted by atomic mass is 16.7. The topological polar surface area (TPSA) is 104 Å². The second-order valence-electron chi connectivity index (χ2n) is 7.05. The van der Waals surface area contributed by atoms with Gasteiger partial charge in [0.25, 0.3) is 11.5 Å². The minimum Gasteiger partial charge on any atom is -0.454 e. The number of hydrogen-bond acceptors (Lipinski definition) is 6. The van der Waals surface area contributed by atoms with Crippen molar-refractivity contribution in [3.63, 3.8) is 0 Å². The van der Waals surface area contributed by atoms with Gasteiger partial charge in [-0.2, -0.15) is 0 Å². The molecule has 2 aliphatic heterocycles. The predicted molar refractivity (Wildman–Crippen MR) is 101 cm³/mol. The predicted octanol–water partition coefficient (Wildman–Crippen LogP) is 0.990. The molecule has 0 bridgehead atoms. The van der Waals surface area contributed by atoms with E-state index in [9.17, 15) is 14.7 Å². The third-order valence-corrected chi connectivity index (χ3v) is 5.19.